The fourth-order valence-electron chi connectivity index (χ4n) is 2.82. The van der Waals surface area contributed by atoms with E-state index < -0.39 is 0 Å². The molecule has 0 aromatic heterocycles. The molecule has 6 nitrogen and oxygen atoms in total. The van der Waals surface area contributed by atoms with Gasteiger partial charge in [-0.3, -0.25) is 9.59 Å². The van der Waals surface area contributed by atoms with Gasteiger partial charge in [0.15, 0.2) is 11.5 Å². The topological polar surface area (TPSA) is 76.7 Å². The number of ether oxygens (including phenoxy) is 2. The van der Waals surface area contributed by atoms with Crippen LogP contribution in [0.15, 0.2) is 48.5 Å². The third-order valence-electron chi connectivity index (χ3n) is 4.74. The van der Waals surface area contributed by atoms with Crippen molar-refractivity contribution in [2.75, 3.05) is 24.4 Å². The van der Waals surface area contributed by atoms with Crippen molar-refractivity contribution < 1.29 is 19.1 Å². The molecule has 2 amide bonds. The Labute approximate surface area is 177 Å². The van der Waals surface area contributed by atoms with Gasteiger partial charge in [-0.2, -0.15) is 0 Å². The van der Waals surface area contributed by atoms with Gasteiger partial charge in [0.2, 0.25) is 11.8 Å². The number of unbranched alkanes of at least 4 members (excludes halogenated alkanes) is 1. The van der Waals surface area contributed by atoms with Gasteiger partial charge in [0.05, 0.1) is 13.7 Å². The second kappa shape index (κ2) is 10.5. The lowest BCUT2D eigenvalue weighted by Crippen LogP contribution is -2.13. The van der Waals surface area contributed by atoms with Gasteiger partial charge in [0.1, 0.15) is 0 Å². The molecule has 1 aliphatic rings. The molecule has 2 N–H and O–H groups in total. The number of amides is 2. The van der Waals surface area contributed by atoms with Gasteiger partial charge in [-0.15, -0.1) is 0 Å². The summed E-state index contributed by atoms with van der Waals surface area (Å²) in [4.78, 5) is 24.0. The van der Waals surface area contributed by atoms with Gasteiger partial charge in [-0.05, 0) is 67.3 Å². The number of hydrogen-bond acceptors (Lipinski definition) is 4. The highest BCUT2D eigenvalue weighted by atomic mass is 16.5. The number of hydrogen-bond donors (Lipinski definition) is 2. The van der Waals surface area contributed by atoms with Crippen LogP contribution in [-0.2, 0) is 9.59 Å². The minimum atomic E-state index is -0.244. The molecule has 0 saturated heterocycles. The van der Waals surface area contributed by atoms with Crippen LogP contribution in [0.4, 0.5) is 11.4 Å². The standard InChI is InChI=1S/C24H28N2O4/c1-3-4-15-30-21-13-5-17(16-22(21)29-2)6-14-23(27)25-19-9-11-20(12-10-19)26-24(28)18-7-8-18/h5-6,9-14,16,18H,3-4,7-8,15H2,1-2H3,(H,25,27)(H,26,28)/b14-6+. The maximum atomic E-state index is 12.2. The molecular weight excluding hydrogens is 380 g/mol. The van der Waals surface area contributed by atoms with Crippen molar-refractivity contribution in [2.45, 2.75) is 32.6 Å². The van der Waals surface area contributed by atoms with E-state index in [1.165, 1.54) is 6.08 Å². The van der Waals surface area contributed by atoms with Crippen molar-refractivity contribution in [3.63, 3.8) is 0 Å². The summed E-state index contributed by atoms with van der Waals surface area (Å²) < 4.78 is 11.1. The predicted molar refractivity (Wildman–Crippen MR) is 119 cm³/mol. The molecule has 2 aromatic carbocycles. The highest BCUT2D eigenvalue weighted by Crippen LogP contribution is 2.30. The maximum absolute atomic E-state index is 12.2. The molecule has 1 saturated carbocycles. The third-order valence-corrected chi connectivity index (χ3v) is 4.74. The number of nitrogens with one attached hydrogen (secondary N) is 2. The molecule has 1 aliphatic carbocycles. The highest BCUT2D eigenvalue weighted by Gasteiger charge is 2.29. The summed E-state index contributed by atoms with van der Waals surface area (Å²) in [7, 11) is 1.60. The van der Waals surface area contributed by atoms with Gasteiger partial charge in [0, 0.05) is 23.4 Å². The van der Waals surface area contributed by atoms with Crippen molar-refractivity contribution in [2.24, 2.45) is 5.92 Å². The Morgan fingerprint density at radius 2 is 1.73 bits per heavy atom. The molecule has 0 unspecified atom stereocenters. The zero-order valence-corrected chi connectivity index (χ0v) is 17.4. The molecule has 0 atom stereocenters. The van der Waals surface area contributed by atoms with Crippen LogP contribution < -0.4 is 20.1 Å². The predicted octanol–water partition coefficient (Wildman–Crippen LogP) is 4.87. The SMILES string of the molecule is CCCCOc1ccc(/C=C/C(=O)Nc2ccc(NC(=O)C3CC3)cc2)cc1OC. The number of rotatable bonds is 10. The van der Waals surface area contributed by atoms with E-state index in [0.717, 1.165) is 36.9 Å². The summed E-state index contributed by atoms with van der Waals surface area (Å²) in [5, 5.41) is 5.68. The molecule has 0 heterocycles. The van der Waals surface area contributed by atoms with Crippen LogP contribution in [0.5, 0.6) is 11.5 Å². The Morgan fingerprint density at radius 3 is 2.37 bits per heavy atom. The zero-order chi connectivity index (χ0) is 21.3. The van der Waals surface area contributed by atoms with Crippen molar-refractivity contribution in [1.82, 2.24) is 0 Å². The first kappa shape index (κ1) is 21.4. The van der Waals surface area contributed by atoms with E-state index in [2.05, 4.69) is 17.6 Å². The molecular formula is C24H28N2O4. The van der Waals surface area contributed by atoms with Crippen LogP contribution >= 0.6 is 0 Å². The Balaban J connectivity index is 1.54. The minimum absolute atomic E-state index is 0.0620. The van der Waals surface area contributed by atoms with Gasteiger partial charge in [0.25, 0.3) is 0 Å². The van der Waals surface area contributed by atoms with Crippen LogP contribution in [0.25, 0.3) is 6.08 Å². The second-order valence-corrected chi connectivity index (χ2v) is 7.28. The van der Waals surface area contributed by atoms with E-state index in [0.29, 0.717) is 23.8 Å². The first-order valence-corrected chi connectivity index (χ1v) is 10.3. The molecule has 0 bridgehead atoms. The van der Waals surface area contributed by atoms with Crippen LogP contribution in [0.1, 0.15) is 38.2 Å². The van der Waals surface area contributed by atoms with Crippen molar-refractivity contribution in [3.8, 4) is 11.5 Å². The fraction of sp³-hybridized carbons (Fsp3) is 0.333. The Bertz CT molecular complexity index is 902. The molecule has 3 rings (SSSR count). The first-order valence-electron chi connectivity index (χ1n) is 10.3. The third kappa shape index (κ3) is 6.37. The van der Waals surface area contributed by atoms with Gasteiger partial charge >= 0.3 is 0 Å². The maximum Gasteiger partial charge on any atom is 0.248 e. The number of carbonyl (C=O) groups excluding carboxylic acids is 2. The Kier molecular flexibility index (Phi) is 7.49. The van der Waals surface area contributed by atoms with Crippen molar-refractivity contribution >= 4 is 29.3 Å². The van der Waals surface area contributed by atoms with E-state index in [1.54, 1.807) is 37.5 Å². The van der Waals surface area contributed by atoms with E-state index in [1.807, 2.05) is 18.2 Å². The minimum Gasteiger partial charge on any atom is -0.493 e. The van der Waals surface area contributed by atoms with E-state index in [9.17, 15) is 9.59 Å². The molecule has 2 aromatic rings. The lowest BCUT2D eigenvalue weighted by Gasteiger charge is -2.11. The fourth-order valence-corrected chi connectivity index (χ4v) is 2.82. The van der Waals surface area contributed by atoms with Crippen LogP contribution in [-0.4, -0.2) is 25.5 Å². The summed E-state index contributed by atoms with van der Waals surface area (Å²) in [5.41, 5.74) is 2.23. The molecule has 1 fully saturated rings. The summed E-state index contributed by atoms with van der Waals surface area (Å²) >= 11 is 0. The molecule has 6 heteroatoms. The number of carbonyl (C=O) groups is 2. The molecule has 0 radical (unpaired) electrons. The lowest BCUT2D eigenvalue weighted by molar-refractivity contribution is -0.117. The Hall–Kier alpha value is -3.28. The van der Waals surface area contributed by atoms with Crippen molar-refractivity contribution in [1.29, 1.82) is 0 Å². The van der Waals surface area contributed by atoms with E-state index >= 15 is 0 Å². The summed E-state index contributed by atoms with van der Waals surface area (Å²) in [6.45, 7) is 2.76. The summed E-state index contributed by atoms with van der Waals surface area (Å²) in [5.74, 6) is 1.31. The summed E-state index contributed by atoms with van der Waals surface area (Å²) in [6, 6.07) is 12.6. The van der Waals surface area contributed by atoms with Gasteiger partial charge in [-0.1, -0.05) is 19.4 Å². The normalized spacial score (nSPS) is 13.1. The number of anilines is 2. The molecule has 0 spiro atoms. The monoisotopic (exact) mass is 408 g/mol. The quantitative estimate of drug-likeness (QED) is 0.434. The second-order valence-electron chi connectivity index (χ2n) is 7.28. The van der Waals surface area contributed by atoms with Crippen molar-refractivity contribution in [3.05, 3.63) is 54.1 Å². The number of methoxy groups -OCH3 is 1. The van der Waals surface area contributed by atoms with Crippen LogP contribution in [0.3, 0.4) is 0 Å². The van der Waals surface area contributed by atoms with Crippen LogP contribution in [0.2, 0.25) is 0 Å². The Morgan fingerprint density at radius 1 is 1.03 bits per heavy atom. The number of benzene rings is 2. The van der Waals surface area contributed by atoms with E-state index in [-0.39, 0.29) is 17.7 Å². The summed E-state index contributed by atoms with van der Waals surface area (Å²) in [6.07, 6.45) is 7.17. The average Bonchev–Trinajstić information content (AvgIpc) is 3.60. The smallest absolute Gasteiger partial charge is 0.248 e. The zero-order valence-electron chi connectivity index (χ0n) is 17.4. The lowest BCUT2D eigenvalue weighted by atomic mass is 10.2. The molecule has 30 heavy (non-hydrogen) atoms. The van der Waals surface area contributed by atoms with Crippen LogP contribution in [0, 0.1) is 5.92 Å². The van der Waals surface area contributed by atoms with Gasteiger partial charge in [-0.25, -0.2) is 0 Å². The molecule has 158 valence electrons. The van der Waals surface area contributed by atoms with Gasteiger partial charge < -0.3 is 20.1 Å². The average molecular weight is 408 g/mol. The molecule has 0 aliphatic heterocycles. The highest BCUT2D eigenvalue weighted by molar-refractivity contribution is 6.02. The van der Waals surface area contributed by atoms with E-state index in [4.69, 9.17) is 9.47 Å². The first-order chi connectivity index (χ1) is 14.6. The largest absolute Gasteiger partial charge is 0.493 e.